The number of rotatable bonds is 4. The molecule has 1 N–H and O–H groups in total. The second-order valence-electron chi connectivity index (χ2n) is 5.89. The van der Waals surface area contributed by atoms with E-state index in [9.17, 15) is 4.79 Å². The molecule has 6 nitrogen and oxygen atoms in total. The number of likely N-dealkylation sites (tertiary alicyclic amines) is 1. The summed E-state index contributed by atoms with van der Waals surface area (Å²) in [6.45, 7) is 6.05. The number of nitrogens with zero attached hydrogens (tertiary/aromatic N) is 3. The van der Waals surface area contributed by atoms with E-state index >= 15 is 0 Å². The summed E-state index contributed by atoms with van der Waals surface area (Å²) in [6.07, 6.45) is 4.62. The molecule has 2 fully saturated rings. The van der Waals surface area contributed by atoms with Crippen molar-refractivity contribution in [3.8, 4) is 0 Å². The van der Waals surface area contributed by atoms with Gasteiger partial charge in [0.05, 0.1) is 13.2 Å². The summed E-state index contributed by atoms with van der Waals surface area (Å²) in [6, 6.07) is 2.02. The molecule has 2 saturated heterocycles. The van der Waals surface area contributed by atoms with Gasteiger partial charge in [0.2, 0.25) is 5.91 Å². The zero-order chi connectivity index (χ0) is 14.5. The van der Waals surface area contributed by atoms with Crippen LogP contribution in [0.1, 0.15) is 30.9 Å². The Morgan fingerprint density at radius 2 is 2.24 bits per heavy atom. The van der Waals surface area contributed by atoms with E-state index in [0.717, 1.165) is 64.5 Å². The Labute approximate surface area is 125 Å². The van der Waals surface area contributed by atoms with Gasteiger partial charge in [-0.25, -0.2) is 0 Å². The number of carbonyl (C=O) groups excluding carboxylic acids is 1. The highest BCUT2D eigenvalue weighted by Crippen LogP contribution is 2.25. The van der Waals surface area contributed by atoms with Gasteiger partial charge in [0.25, 0.3) is 0 Å². The third-order valence-electron chi connectivity index (χ3n) is 4.48. The van der Waals surface area contributed by atoms with E-state index in [1.165, 1.54) is 0 Å². The lowest BCUT2D eigenvalue weighted by atomic mass is 9.95. The van der Waals surface area contributed by atoms with Gasteiger partial charge in [-0.05, 0) is 18.9 Å². The van der Waals surface area contributed by atoms with Crippen LogP contribution in [-0.2, 0) is 9.53 Å². The summed E-state index contributed by atoms with van der Waals surface area (Å²) in [5.74, 6) is 0.694. The van der Waals surface area contributed by atoms with Crippen LogP contribution >= 0.6 is 0 Å². The molecule has 2 aliphatic rings. The molecular weight excluding hydrogens is 268 g/mol. The maximum Gasteiger partial charge on any atom is 0.223 e. The van der Waals surface area contributed by atoms with Crippen molar-refractivity contribution in [1.82, 2.24) is 20.0 Å². The summed E-state index contributed by atoms with van der Waals surface area (Å²) in [5, 5.41) is 7.06. The van der Waals surface area contributed by atoms with Crippen molar-refractivity contribution >= 4 is 5.91 Å². The normalized spacial score (nSPS) is 24.2. The molecule has 1 atom stereocenters. The van der Waals surface area contributed by atoms with Crippen LogP contribution in [0.4, 0.5) is 0 Å². The zero-order valence-corrected chi connectivity index (χ0v) is 12.5. The Bertz CT molecular complexity index is 443. The number of hydrogen-bond acceptors (Lipinski definition) is 4. The lowest BCUT2D eigenvalue weighted by Crippen LogP contribution is -2.42. The van der Waals surface area contributed by atoms with E-state index in [4.69, 9.17) is 4.74 Å². The first-order valence-electron chi connectivity index (χ1n) is 7.90. The van der Waals surface area contributed by atoms with Crippen LogP contribution in [0.15, 0.2) is 12.3 Å². The van der Waals surface area contributed by atoms with Crippen molar-refractivity contribution in [1.29, 1.82) is 0 Å². The fraction of sp³-hybridized carbons (Fsp3) is 0.733. The van der Waals surface area contributed by atoms with Crippen LogP contribution in [0.2, 0.25) is 0 Å². The number of carbonyl (C=O) groups is 1. The number of piperidine rings is 1. The standard InChI is InChI=1S/C15H24N4O2/c20-15(4-7-18-8-10-21-11-9-18)19-6-1-2-13(12-19)14-3-5-16-17-14/h3,5,13H,1-2,4,6-12H2,(H,16,17)/t13-/m1/s1. The van der Waals surface area contributed by atoms with E-state index in [2.05, 4.69) is 15.1 Å². The van der Waals surface area contributed by atoms with Crippen LogP contribution in [0.3, 0.4) is 0 Å². The zero-order valence-electron chi connectivity index (χ0n) is 12.5. The molecule has 2 aliphatic heterocycles. The molecule has 1 amide bonds. The molecule has 116 valence electrons. The largest absolute Gasteiger partial charge is 0.379 e. The fourth-order valence-corrected chi connectivity index (χ4v) is 3.19. The van der Waals surface area contributed by atoms with Gasteiger partial charge >= 0.3 is 0 Å². The first-order valence-corrected chi connectivity index (χ1v) is 7.90. The molecule has 0 aliphatic carbocycles. The molecule has 1 aromatic rings. The first-order chi connectivity index (χ1) is 10.3. The maximum absolute atomic E-state index is 12.4. The topological polar surface area (TPSA) is 61.5 Å². The average Bonchev–Trinajstić information content (AvgIpc) is 3.08. The van der Waals surface area contributed by atoms with Gasteiger partial charge in [-0.2, -0.15) is 5.10 Å². The molecule has 21 heavy (non-hydrogen) atoms. The van der Waals surface area contributed by atoms with Gasteiger partial charge in [0, 0.05) is 57.0 Å². The van der Waals surface area contributed by atoms with Crippen molar-refractivity contribution in [3.63, 3.8) is 0 Å². The third kappa shape index (κ3) is 3.83. The lowest BCUT2D eigenvalue weighted by molar-refractivity contribution is -0.133. The third-order valence-corrected chi connectivity index (χ3v) is 4.48. The fourth-order valence-electron chi connectivity index (χ4n) is 3.19. The van der Waals surface area contributed by atoms with Gasteiger partial charge in [0.1, 0.15) is 0 Å². The van der Waals surface area contributed by atoms with Crippen LogP contribution in [0.5, 0.6) is 0 Å². The Kier molecular flexibility index (Phi) is 4.87. The highest BCUT2D eigenvalue weighted by molar-refractivity contribution is 5.76. The maximum atomic E-state index is 12.4. The second kappa shape index (κ2) is 7.04. The minimum Gasteiger partial charge on any atom is -0.379 e. The van der Waals surface area contributed by atoms with Crippen molar-refractivity contribution in [2.45, 2.75) is 25.2 Å². The van der Waals surface area contributed by atoms with E-state index in [1.807, 2.05) is 11.0 Å². The minimum atomic E-state index is 0.283. The Morgan fingerprint density at radius 1 is 1.38 bits per heavy atom. The number of hydrogen-bond donors (Lipinski definition) is 1. The molecule has 6 heteroatoms. The van der Waals surface area contributed by atoms with Gasteiger partial charge in [0.15, 0.2) is 0 Å². The predicted molar refractivity (Wildman–Crippen MR) is 79.0 cm³/mol. The van der Waals surface area contributed by atoms with Crippen LogP contribution < -0.4 is 0 Å². The summed E-state index contributed by atoms with van der Waals surface area (Å²) in [7, 11) is 0. The van der Waals surface area contributed by atoms with Gasteiger partial charge in [-0.3, -0.25) is 14.8 Å². The summed E-state index contributed by atoms with van der Waals surface area (Å²) >= 11 is 0. The molecule has 3 rings (SSSR count). The average molecular weight is 292 g/mol. The van der Waals surface area contributed by atoms with E-state index in [-0.39, 0.29) is 5.91 Å². The number of ether oxygens (including phenoxy) is 1. The van der Waals surface area contributed by atoms with E-state index in [1.54, 1.807) is 6.20 Å². The van der Waals surface area contributed by atoms with Gasteiger partial charge < -0.3 is 9.64 Å². The van der Waals surface area contributed by atoms with Gasteiger partial charge in [-0.15, -0.1) is 0 Å². The van der Waals surface area contributed by atoms with E-state index in [0.29, 0.717) is 12.3 Å². The summed E-state index contributed by atoms with van der Waals surface area (Å²) < 4.78 is 5.33. The lowest BCUT2D eigenvalue weighted by Gasteiger charge is -2.33. The Hall–Kier alpha value is -1.40. The van der Waals surface area contributed by atoms with Crippen molar-refractivity contribution < 1.29 is 9.53 Å². The summed E-state index contributed by atoms with van der Waals surface area (Å²) in [5.41, 5.74) is 1.15. The van der Waals surface area contributed by atoms with Crippen LogP contribution in [-0.4, -0.2) is 71.8 Å². The Morgan fingerprint density at radius 3 is 3.00 bits per heavy atom. The summed E-state index contributed by atoms with van der Waals surface area (Å²) in [4.78, 5) is 16.7. The predicted octanol–water partition coefficient (Wildman–Crippen LogP) is 0.838. The second-order valence-corrected chi connectivity index (χ2v) is 5.89. The SMILES string of the molecule is O=C(CCN1CCOCC1)N1CCC[C@@H](c2ccn[nH]2)C1. The number of H-pyrrole nitrogens is 1. The molecule has 0 spiro atoms. The highest BCUT2D eigenvalue weighted by Gasteiger charge is 2.25. The molecule has 1 aromatic heterocycles. The molecule has 0 aromatic carbocycles. The van der Waals surface area contributed by atoms with Crippen molar-refractivity contribution in [2.75, 3.05) is 45.9 Å². The highest BCUT2D eigenvalue weighted by atomic mass is 16.5. The van der Waals surface area contributed by atoms with Crippen LogP contribution in [0, 0.1) is 0 Å². The molecule has 0 saturated carbocycles. The molecule has 0 unspecified atom stereocenters. The Balaban J connectivity index is 1.47. The van der Waals surface area contributed by atoms with E-state index < -0.39 is 0 Å². The number of morpholine rings is 1. The number of nitrogens with one attached hydrogen (secondary N) is 1. The van der Waals surface area contributed by atoms with Gasteiger partial charge in [-0.1, -0.05) is 0 Å². The number of aromatic nitrogens is 2. The van der Waals surface area contributed by atoms with Crippen molar-refractivity contribution in [2.24, 2.45) is 0 Å². The molecule has 3 heterocycles. The molecular formula is C15H24N4O2. The minimum absolute atomic E-state index is 0.283. The van der Waals surface area contributed by atoms with Crippen molar-refractivity contribution in [3.05, 3.63) is 18.0 Å². The number of amides is 1. The quantitative estimate of drug-likeness (QED) is 0.893. The smallest absolute Gasteiger partial charge is 0.223 e. The first kappa shape index (κ1) is 14.5. The molecule has 0 bridgehead atoms. The monoisotopic (exact) mass is 292 g/mol. The van der Waals surface area contributed by atoms with Crippen LogP contribution in [0.25, 0.3) is 0 Å². The molecule has 0 radical (unpaired) electrons. The number of aromatic amines is 1.